The molecule has 0 radical (unpaired) electrons. The van der Waals surface area contributed by atoms with Gasteiger partial charge in [-0.3, -0.25) is 0 Å². The predicted molar refractivity (Wildman–Crippen MR) is 61.2 cm³/mol. The average Bonchev–Trinajstić information content (AvgIpc) is 2.26. The van der Waals surface area contributed by atoms with Gasteiger partial charge in [0.1, 0.15) is 0 Å². The van der Waals surface area contributed by atoms with Gasteiger partial charge >= 0.3 is 0 Å². The van der Waals surface area contributed by atoms with E-state index >= 15 is 0 Å². The molecule has 0 aliphatic carbocycles. The fraction of sp³-hybridized carbons (Fsp3) is 0.636. The van der Waals surface area contributed by atoms with Gasteiger partial charge in [-0.05, 0) is 19.8 Å². The second-order valence-electron chi connectivity index (χ2n) is 3.52. The van der Waals surface area contributed by atoms with Crippen LogP contribution in [0.1, 0.15) is 33.6 Å². The summed E-state index contributed by atoms with van der Waals surface area (Å²) in [6, 6.07) is 2.16. The van der Waals surface area contributed by atoms with Crippen molar-refractivity contribution in [3.63, 3.8) is 0 Å². The van der Waals surface area contributed by atoms with Crippen molar-refractivity contribution in [1.82, 2.24) is 9.97 Å². The monoisotopic (exact) mass is 209 g/mol. The van der Waals surface area contributed by atoms with Crippen LogP contribution in [0, 0.1) is 0 Å². The lowest BCUT2D eigenvalue weighted by atomic mass is 10.3. The molecule has 1 heterocycles. The van der Waals surface area contributed by atoms with Crippen LogP contribution in [-0.4, -0.2) is 22.6 Å². The molecule has 0 saturated carbocycles. The lowest BCUT2D eigenvalue weighted by Crippen LogP contribution is -2.15. The number of aromatic nitrogens is 2. The van der Waals surface area contributed by atoms with E-state index in [-0.39, 0.29) is 0 Å². The zero-order valence-electron chi connectivity index (χ0n) is 9.66. The van der Waals surface area contributed by atoms with Crippen LogP contribution in [-0.2, 0) is 0 Å². The van der Waals surface area contributed by atoms with Crippen LogP contribution < -0.4 is 10.1 Å². The molecule has 0 fully saturated rings. The van der Waals surface area contributed by atoms with Crippen molar-refractivity contribution < 1.29 is 4.74 Å². The number of hydrogen-bond acceptors (Lipinski definition) is 4. The second kappa shape index (κ2) is 6.22. The van der Waals surface area contributed by atoms with Crippen LogP contribution >= 0.6 is 0 Å². The Morgan fingerprint density at radius 3 is 2.93 bits per heavy atom. The minimum Gasteiger partial charge on any atom is -0.478 e. The smallest absolute Gasteiger partial charge is 0.226 e. The summed E-state index contributed by atoms with van der Waals surface area (Å²) in [7, 11) is 0. The molecule has 1 atom stereocenters. The van der Waals surface area contributed by atoms with Gasteiger partial charge in [0.2, 0.25) is 11.8 Å². The highest BCUT2D eigenvalue weighted by Crippen LogP contribution is 2.09. The Hall–Kier alpha value is -1.32. The zero-order chi connectivity index (χ0) is 11.1. The van der Waals surface area contributed by atoms with Crippen molar-refractivity contribution in [3.8, 4) is 5.88 Å². The lowest BCUT2D eigenvalue weighted by molar-refractivity contribution is 0.305. The summed E-state index contributed by atoms with van der Waals surface area (Å²) in [5.41, 5.74) is 0. The minimum absolute atomic E-state index is 0.381. The van der Waals surface area contributed by atoms with E-state index in [1.165, 1.54) is 0 Å². The first-order valence-electron chi connectivity index (χ1n) is 5.48. The van der Waals surface area contributed by atoms with Gasteiger partial charge < -0.3 is 10.1 Å². The lowest BCUT2D eigenvalue weighted by Gasteiger charge is -2.11. The Labute approximate surface area is 91.1 Å². The molecular weight excluding hydrogens is 190 g/mol. The standard InChI is InChI=1S/C11H19N3O/c1-4-8-15-10-6-7-12-11(14-10)13-9(3)5-2/h6-7,9H,4-5,8H2,1-3H3,(H,12,13,14). The van der Waals surface area contributed by atoms with E-state index in [9.17, 15) is 0 Å². The van der Waals surface area contributed by atoms with Crippen LogP contribution in [0.5, 0.6) is 5.88 Å². The summed E-state index contributed by atoms with van der Waals surface area (Å²) in [6.45, 7) is 6.98. The maximum Gasteiger partial charge on any atom is 0.226 e. The number of anilines is 1. The Bertz CT molecular complexity index is 291. The number of ether oxygens (including phenoxy) is 1. The molecule has 4 heteroatoms. The van der Waals surface area contributed by atoms with Crippen molar-refractivity contribution in [2.24, 2.45) is 0 Å². The van der Waals surface area contributed by atoms with E-state index < -0.39 is 0 Å². The summed E-state index contributed by atoms with van der Waals surface area (Å²) >= 11 is 0. The highest BCUT2D eigenvalue weighted by Gasteiger charge is 2.02. The molecule has 0 bridgehead atoms. The minimum atomic E-state index is 0.381. The molecule has 1 aromatic rings. The van der Waals surface area contributed by atoms with Crippen LogP contribution in [0.15, 0.2) is 12.3 Å². The molecule has 15 heavy (non-hydrogen) atoms. The number of rotatable bonds is 6. The summed E-state index contributed by atoms with van der Waals surface area (Å²) < 4.78 is 5.42. The molecule has 0 amide bonds. The van der Waals surface area contributed by atoms with Gasteiger partial charge in [0.25, 0.3) is 0 Å². The highest BCUT2D eigenvalue weighted by atomic mass is 16.5. The van der Waals surface area contributed by atoms with Crippen molar-refractivity contribution in [2.45, 2.75) is 39.7 Å². The predicted octanol–water partition coefficient (Wildman–Crippen LogP) is 2.48. The molecule has 1 unspecified atom stereocenters. The molecule has 0 aliphatic rings. The van der Waals surface area contributed by atoms with Crippen LogP contribution in [0.4, 0.5) is 5.95 Å². The molecule has 4 nitrogen and oxygen atoms in total. The van der Waals surface area contributed by atoms with Gasteiger partial charge in [-0.2, -0.15) is 4.98 Å². The van der Waals surface area contributed by atoms with Gasteiger partial charge in [0.15, 0.2) is 0 Å². The molecule has 0 aromatic carbocycles. The van der Waals surface area contributed by atoms with Crippen LogP contribution in [0.25, 0.3) is 0 Å². The van der Waals surface area contributed by atoms with E-state index in [0.717, 1.165) is 12.8 Å². The normalized spacial score (nSPS) is 12.2. The molecule has 0 saturated heterocycles. The van der Waals surface area contributed by atoms with E-state index in [0.29, 0.717) is 24.5 Å². The SMILES string of the molecule is CCCOc1ccnc(NC(C)CC)n1. The number of nitrogens with zero attached hydrogens (tertiary/aromatic N) is 2. The second-order valence-corrected chi connectivity index (χ2v) is 3.52. The summed E-state index contributed by atoms with van der Waals surface area (Å²) in [5, 5.41) is 3.21. The third-order valence-corrected chi connectivity index (χ3v) is 2.07. The average molecular weight is 209 g/mol. The summed E-state index contributed by atoms with van der Waals surface area (Å²) in [4.78, 5) is 8.39. The number of hydrogen-bond donors (Lipinski definition) is 1. The van der Waals surface area contributed by atoms with Crippen LogP contribution in [0.3, 0.4) is 0 Å². The zero-order valence-corrected chi connectivity index (χ0v) is 9.66. The largest absolute Gasteiger partial charge is 0.478 e. The quantitative estimate of drug-likeness (QED) is 0.781. The molecule has 1 rings (SSSR count). The molecule has 1 N–H and O–H groups in total. The van der Waals surface area contributed by atoms with Gasteiger partial charge in [-0.1, -0.05) is 13.8 Å². The Morgan fingerprint density at radius 2 is 2.27 bits per heavy atom. The number of nitrogens with one attached hydrogen (secondary N) is 1. The first kappa shape index (κ1) is 11.8. The third kappa shape index (κ3) is 4.14. The van der Waals surface area contributed by atoms with Crippen LogP contribution in [0.2, 0.25) is 0 Å². The molecule has 1 aromatic heterocycles. The maximum atomic E-state index is 5.42. The molecular formula is C11H19N3O. The molecule has 0 spiro atoms. The summed E-state index contributed by atoms with van der Waals surface area (Å²) in [5.74, 6) is 1.27. The Kier molecular flexibility index (Phi) is 4.87. The van der Waals surface area contributed by atoms with E-state index in [4.69, 9.17) is 4.74 Å². The maximum absolute atomic E-state index is 5.42. The van der Waals surface area contributed by atoms with E-state index in [1.54, 1.807) is 12.3 Å². The van der Waals surface area contributed by atoms with E-state index in [2.05, 4.69) is 36.1 Å². The first-order valence-corrected chi connectivity index (χ1v) is 5.48. The van der Waals surface area contributed by atoms with Crippen molar-refractivity contribution in [2.75, 3.05) is 11.9 Å². The van der Waals surface area contributed by atoms with Crippen molar-refractivity contribution in [1.29, 1.82) is 0 Å². The van der Waals surface area contributed by atoms with E-state index in [1.807, 2.05) is 0 Å². The van der Waals surface area contributed by atoms with Gasteiger partial charge in [-0.15, -0.1) is 0 Å². The van der Waals surface area contributed by atoms with Crippen molar-refractivity contribution >= 4 is 5.95 Å². The topological polar surface area (TPSA) is 47.0 Å². The fourth-order valence-electron chi connectivity index (χ4n) is 1.02. The molecule has 0 aliphatic heterocycles. The Balaban J connectivity index is 2.57. The van der Waals surface area contributed by atoms with Crippen molar-refractivity contribution in [3.05, 3.63) is 12.3 Å². The first-order chi connectivity index (χ1) is 7.26. The fourth-order valence-corrected chi connectivity index (χ4v) is 1.02. The van der Waals surface area contributed by atoms with Gasteiger partial charge in [0.05, 0.1) is 6.61 Å². The van der Waals surface area contributed by atoms with Gasteiger partial charge in [-0.25, -0.2) is 4.98 Å². The molecule has 84 valence electrons. The highest BCUT2D eigenvalue weighted by molar-refractivity contribution is 5.28. The summed E-state index contributed by atoms with van der Waals surface area (Å²) in [6.07, 6.45) is 3.74. The third-order valence-electron chi connectivity index (χ3n) is 2.07. The Morgan fingerprint density at radius 1 is 1.47 bits per heavy atom. The van der Waals surface area contributed by atoms with Gasteiger partial charge in [0, 0.05) is 18.3 Å².